The second-order valence-corrected chi connectivity index (χ2v) is 7.77. The van der Waals surface area contributed by atoms with E-state index in [9.17, 15) is 19.8 Å². The Hall–Kier alpha value is -1.20. The average Bonchev–Trinajstić information content (AvgIpc) is 2.91. The minimum atomic E-state index is -2.04. The second-order valence-electron chi connectivity index (χ2n) is 7.77. The van der Waals surface area contributed by atoms with E-state index >= 15 is 0 Å². The largest absolute Gasteiger partial charge is 0.455 e. The zero-order valence-electron chi connectivity index (χ0n) is 17.1. The van der Waals surface area contributed by atoms with E-state index in [1.807, 2.05) is 0 Å². The topological polar surface area (TPSA) is 83.8 Å². The van der Waals surface area contributed by atoms with Gasteiger partial charge in [0, 0.05) is 6.92 Å². The fourth-order valence-electron chi connectivity index (χ4n) is 3.66. The lowest BCUT2D eigenvalue weighted by Crippen LogP contribution is -2.55. The van der Waals surface area contributed by atoms with Gasteiger partial charge in [0.25, 0.3) is 0 Å². The fraction of sp³-hybridized carbons (Fsp3) is 0.818. The molecule has 0 radical (unpaired) electrons. The molecule has 27 heavy (non-hydrogen) atoms. The van der Waals surface area contributed by atoms with E-state index in [0.29, 0.717) is 6.42 Å². The third-order valence-corrected chi connectivity index (χ3v) is 5.38. The quantitative estimate of drug-likeness (QED) is 0.327. The smallest absolute Gasteiger partial charge is 0.303 e. The van der Waals surface area contributed by atoms with Gasteiger partial charge >= 0.3 is 5.97 Å². The van der Waals surface area contributed by atoms with Gasteiger partial charge in [0.05, 0.1) is 6.10 Å². The van der Waals surface area contributed by atoms with Gasteiger partial charge in [0.2, 0.25) is 0 Å². The van der Waals surface area contributed by atoms with E-state index in [-0.39, 0.29) is 0 Å². The fourth-order valence-corrected chi connectivity index (χ4v) is 3.66. The summed E-state index contributed by atoms with van der Waals surface area (Å²) in [5.74, 6) is -1.18. The Morgan fingerprint density at radius 2 is 1.52 bits per heavy atom. The molecule has 5 heteroatoms. The van der Waals surface area contributed by atoms with Crippen molar-refractivity contribution in [2.24, 2.45) is 0 Å². The van der Waals surface area contributed by atoms with E-state index in [1.54, 1.807) is 0 Å². The predicted molar refractivity (Wildman–Crippen MR) is 106 cm³/mol. The van der Waals surface area contributed by atoms with Crippen LogP contribution in [0.1, 0.15) is 97.3 Å². The molecule has 0 aromatic carbocycles. The first-order valence-corrected chi connectivity index (χ1v) is 10.7. The van der Waals surface area contributed by atoms with Crippen LogP contribution in [0.15, 0.2) is 12.2 Å². The van der Waals surface area contributed by atoms with Gasteiger partial charge in [0.1, 0.15) is 0 Å². The maximum atomic E-state index is 12.0. The molecule has 0 aromatic rings. The van der Waals surface area contributed by atoms with Crippen molar-refractivity contribution < 1.29 is 24.5 Å². The Morgan fingerprint density at radius 3 is 2.00 bits per heavy atom. The summed E-state index contributed by atoms with van der Waals surface area (Å²) in [5, 5.41) is 20.9. The maximum Gasteiger partial charge on any atom is 0.303 e. The number of aliphatic hydroxyl groups excluding tert-OH is 1. The summed E-state index contributed by atoms with van der Waals surface area (Å²) < 4.78 is 4.97. The molecule has 0 unspecified atom stereocenters. The van der Waals surface area contributed by atoms with Crippen LogP contribution in [0.3, 0.4) is 0 Å². The van der Waals surface area contributed by atoms with Crippen molar-refractivity contribution in [1.29, 1.82) is 0 Å². The Balaban J connectivity index is 2.12. The lowest BCUT2D eigenvalue weighted by atomic mass is 9.87. The van der Waals surface area contributed by atoms with Crippen LogP contribution >= 0.6 is 0 Å². The van der Waals surface area contributed by atoms with Crippen molar-refractivity contribution in [3.63, 3.8) is 0 Å². The average molecular weight is 383 g/mol. The minimum Gasteiger partial charge on any atom is -0.455 e. The molecule has 2 N–H and O–H groups in total. The zero-order chi connectivity index (χ0) is 20.1. The van der Waals surface area contributed by atoms with Gasteiger partial charge in [-0.3, -0.25) is 9.59 Å². The first-order chi connectivity index (χ1) is 12.9. The van der Waals surface area contributed by atoms with Crippen molar-refractivity contribution in [2.45, 2.75) is 115 Å². The molecule has 1 rings (SSSR count). The molecule has 0 saturated carbocycles. The molecule has 0 saturated heterocycles. The van der Waals surface area contributed by atoms with Crippen LogP contribution in [0.5, 0.6) is 0 Å². The third-order valence-electron chi connectivity index (χ3n) is 5.38. The van der Waals surface area contributed by atoms with E-state index in [0.717, 1.165) is 19.3 Å². The van der Waals surface area contributed by atoms with Crippen LogP contribution in [0.25, 0.3) is 0 Å². The number of hydrogen-bond donors (Lipinski definition) is 2. The molecule has 156 valence electrons. The first kappa shape index (κ1) is 23.8. The first-order valence-electron chi connectivity index (χ1n) is 10.7. The molecule has 0 aliphatic heterocycles. The predicted octanol–water partition coefficient (Wildman–Crippen LogP) is 4.24. The SMILES string of the molecule is CCCCCCCCCCCCCC[C@H](O)[C@@]1(O)C(=O)C=C[C@@H]1OC(C)=O. The summed E-state index contributed by atoms with van der Waals surface area (Å²) in [6.07, 6.45) is 15.1. The van der Waals surface area contributed by atoms with Gasteiger partial charge in [-0.1, -0.05) is 84.0 Å². The van der Waals surface area contributed by atoms with E-state index in [4.69, 9.17) is 4.74 Å². The highest BCUT2D eigenvalue weighted by Gasteiger charge is 2.52. The van der Waals surface area contributed by atoms with Gasteiger partial charge in [-0.2, -0.15) is 0 Å². The van der Waals surface area contributed by atoms with Crippen LogP contribution in [0.4, 0.5) is 0 Å². The molecular formula is C22H38O5. The van der Waals surface area contributed by atoms with E-state index < -0.39 is 29.6 Å². The van der Waals surface area contributed by atoms with Crippen molar-refractivity contribution >= 4 is 11.8 Å². The highest BCUT2D eigenvalue weighted by molar-refractivity contribution is 6.01. The Morgan fingerprint density at radius 1 is 1.04 bits per heavy atom. The Bertz CT molecular complexity index is 473. The molecule has 0 bridgehead atoms. The Labute approximate surface area is 164 Å². The van der Waals surface area contributed by atoms with Crippen LogP contribution in [0, 0.1) is 0 Å². The van der Waals surface area contributed by atoms with Crippen LogP contribution in [-0.2, 0) is 14.3 Å². The summed E-state index contributed by atoms with van der Waals surface area (Å²) in [5.41, 5.74) is -2.04. The molecular weight excluding hydrogens is 344 g/mol. The molecule has 5 nitrogen and oxygen atoms in total. The van der Waals surface area contributed by atoms with E-state index in [1.165, 1.54) is 76.9 Å². The van der Waals surface area contributed by atoms with E-state index in [2.05, 4.69) is 6.92 Å². The minimum absolute atomic E-state index is 0.319. The molecule has 1 aliphatic rings. The molecule has 0 fully saturated rings. The molecule has 0 spiro atoms. The summed E-state index contributed by atoms with van der Waals surface area (Å²) in [6.45, 7) is 3.45. The summed E-state index contributed by atoms with van der Waals surface area (Å²) in [7, 11) is 0. The summed E-state index contributed by atoms with van der Waals surface area (Å²) in [4.78, 5) is 23.1. The van der Waals surface area contributed by atoms with Gasteiger partial charge in [-0.05, 0) is 18.6 Å². The van der Waals surface area contributed by atoms with Gasteiger partial charge in [0.15, 0.2) is 17.5 Å². The monoisotopic (exact) mass is 382 g/mol. The number of hydrogen-bond acceptors (Lipinski definition) is 5. The summed E-state index contributed by atoms with van der Waals surface area (Å²) >= 11 is 0. The lowest BCUT2D eigenvalue weighted by Gasteiger charge is -2.32. The van der Waals surface area contributed by atoms with Gasteiger partial charge < -0.3 is 14.9 Å². The number of aliphatic hydroxyl groups is 2. The second kappa shape index (κ2) is 13.1. The van der Waals surface area contributed by atoms with Crippen molar-refractivity contribution in [2.75, 3.05) is 0 Å². The number of carbonyl (C=O) groups is 2. The number of unbranched alkanes of at least 4 members (excludes halogenated alkanes) is 11. The Kier molecular flexibility index (Phi) is 11.5. The molecule has 3 atom stereocenters. The molecule has 0 amide bonds. The number of ether oxygens (including phenoxy) is 1. The lowest BCUT2D eigenvalue weighted by molar-refractivity contribution is -0.174. The van der Waals surface area contributed by atoms with Crippen LogP contribution < -0.4 is 0 Å². The molecule has 0 heterocycles. The van der Waals surface area contributed by atoms with Crippen molar-refractivity contribution in [3.8, 4) is 0 Å². The highest BCUT2D eigenvalue weighted by Crippen LogP contribution is 2.30. The normalized spacial score (nSPS) is 23.0. The number of esters is 1. The molecule has 0 aromatic heterocycles. The third kappa shape index (κ3) is 8.14. The maximum absolute atomic E-state index is 12.0. The number of rotatable bonds is 15. The van der Waals surface area contributed by atoms with Crippen molar-refractivity contribution in [3.05, 3.63) is 12.2 Å². The standard InChI is InChI=1S/C22H38O5/c1-3-4-5-6-7-8-9-10-11-12-13-14-15-19(24)22(26)20(25)16-17-21(22)27-18(2)23/h16-17,19,21,24,26H,3-15H2,1-2H3/t19-,21-,22+/m0/s1. The number of carbonyl (C=O) groups excluding carboxylic acids is 2. The van der Waals surface area contributed by atoms with Gasteiger partial charge in [-0.25, -0.2) is 0 Å². The molecule has 1 aliphatic carbocycles. The van der Waals surface area contributed by atoms with Crippen LogP contribution in [0.2, 0.25) is 0 Å². The van der Waals surface area contributed by atoms with Crippen molar-refractivity contribution in [1.82, 2.24) is 0 Å². The van der Waals surface area contributed by atoms with Gasteiger partial charge in [-0.15, -0.1) is 0 Å². The highest BCUT2D eigenvalue weighted by atomic mass is 16.6. The van der Waals surface area contributed by atoms with Crippen LogP contribution in [-0.4, -0.2) is 39.8 Å². The summed E-state index contributed by atoms with van der Waals surface area (Å²) in [6, 6.07) is 0. The zero-order valence-corrected chi connectivity index (χ0v) is 17.1. The number of ketones is 1.